The average Bonchev–Trinajstić information content (AvgIpc) is 1.90. The quantitative estimate of drug-likeness (QED) is 0.645. The monoisotopic (exact) mass is 209 g/mol. The van der Waals surface area contributed by atoms with Crippen LogP contribution in [0.4, 0.5) is 0 Å². The van der Waals surface area contributed by atoms with Crippen LogP contribution in [0.3, 0.4) is 0 Å². The second kappa shape index (κ2) is 4.87. The average molecular weight is 209 g/mol. The van der Waals surface area contributed by atoms with Gasteiger partial charge in [0, 0.05) is 38.9 Å². The summed E-state index contributed by atoms with van der Waals surface area (Å²) in [5, 5.41) is 0. The molecule has 0 bridgehead atoms. The maximum Gasteiger partial charge on any atom is 0.0222 e. The minimum Gasteiger partial charge on any atom is -0.295 e. The predicted molar refractivity (Wildman–Crippen MR) is 37.9 cm³/mol. The van der Waals surface area contributed by atoms with Crippen LogP contribution in [0.1, 0.15) is 19.5 Å². The molecule has 1 aromatic heterocycles. The zero-order chi connectivity index (χ0) is 6.69. The van der Waals surface area contributed by atoms with Gasteiger partial charge in [-0.25, -0.2) is 0 Å². The van der Waals surface area contributed by atoms with E-state index in [1.54, 1.807) is 0 Å². The molecule has 1 radical (unpaired) electrons. The van der Waals surface area contributed by atoms with E-state index in [2.05, 4.69) is 18.8 Å². The van der Waals surface area contributed by atoms with Crippen LogP contribution >= 0.6 is 0 Å². The Labute approximate surface area is 87.1 Å². The fraction of sp³-hybridized carbons (Fsp3) is 0.250. The van der Waals surface area contributed by atoms with Gasteiger partial charge < -0.3 is 0 Å². The summed E-state index contributed by atoms with van der Waals surface area (Å²) in [6, 6.07) is 5.93. The molecule has 0 saturated carbocycles. The van der Waals surface area contributed by atoms with E-state index in [0.717, 1.165) is 5.69 Å². The Hall–Kier alpha value is 0.124. The molecule has 10 heavy (non-hydrogen) atoms. The first-order valence-electron chi connectivity index (χ1n) is 3.02. The molecule has 51 valence electrons. The van der Waals surface area contributed by atoms with Crippen molar-refractivity contribution in [3.05, 3.63) is 36.0 Å². The molecule has 1 nitrogen and oxygen atoms in total. The summed E-state index contributed by atoms with van der Waals surface area (Å²) in [5.74, 6) is 1.26. The molecule has 0 amide bonds. The van der Waals surface area contributed by atoms with Crippen molar-refractivity contribution >= 4 is 0 Å². The van der Waals surface area contributed by atoms with Gasteiger partial charge in [0.25, 0.3) is 0 Å². The molecule has 0 spiro atoms. The standard InChI is InChI=1S/C8H10N.Y/c1-7(2)8-5-3-4-6-9-8;/h3-6H,1-2H3;/q-1;. The SMILES string of the molecule is C[C-](C)c1ccccn1.[Y]. The van der Waals surface area contributed by atoms with Crippen molar-refractivity contribution in [3.63, 3.8) is 0 Å². The van der Waals surface area contributed by atoms with Crippen LogP contribution in [0.5, 0.6) is 0 Å². The molecule has 1 heterocycles. The van der Waals surface area contributed by atoms with Crippen molar-refractivity contribution in [1.82, 2.24) is 4.98 Å². The van der Waals surface area contributed by atoms with Gasteiger partial charge in [-0.15, -0.1) is 19.9 Å². The first-order chi connectivity index (χ1) is 4.30. The molecular formula is C8H10NY-. The Bertz CT molecular complexity index is 172. The summed E-state index contributed by atoms with van der Waals surface area (Å²) in [6.07, 6.45) is 1.81. The molecule has 0 atom stereocenters. The summed E-state index contributed by atoms with van der Waals surface area (Å²) >= 11 is 0. The van der Waals surface area contributed by atoms with Crippen molar-refractivity contribution in [1.29, 1.82) is 0 Å². The fourth-order valence-electron chi connectivity index (χ4n) is 0.659. The number of nitrogens with zero attached hydrogens (tertiary/aromatic N) is 1. The topological polar surface area (TPSA) is 12.9 Å². The molecule has 0 unspecified atom stereocenters. The van der Waals surface area contributed by atoms with E-state index in [9.17, 15) is 0 Å². The van der Waals surface area contributed by atoms with E-state index in [0.29, 0.717) is 0 Å². The minimum absolute atomic E-state index is 0. The molecule has 0 fully saturated rings. The van der Waals surface area contributed by atoms with E-state index < -0.39 is 0 Å². The maximum atomic E-state index is 4.14. The Morgan fingerprint density at radius 3 is 2.30 bits per heavy atom. The molecule has 2 heteroatoms. The van der Waals surface area contributed by atoms with Gasteiger partial charge in [-0.2, -0.15) is 12.0 Å². The third-order valence-electron chi connectivity index (χ3n) is 1.18. The Morgan fingerprint density at radius 1 is 1.30 bits per heavy atom. The van der Waals surface area contributed by atoms with Crippen molar-refractivity contribution in [2.24, 2.45) is 0 Å². The van der Waals surface area contributed by atoms with Crippen LogP contribution < -0.4 is 0 Å². The Balaban J connectivity index is 0.000000810. The predicted octanol–water partition coefficient (Wildman–Crippen LogP) is 2.04. The van der Waals surface area contributed by atoms with Crippen LogP contribution in [-0.4, -0.2) is 4.98 Å². The second-order valence-corrected chi connectivity index (χ2v) is 2.21. The molecule has 0 aliphatic heterocycles. The molecule has 0 N–H and O–H groups in total. The molecule has 1 rings (SSSR count). The first-order valence-corrected chi connectivity index (χ1v) is 3.02. The number of hydrogen-bond donors (Lipinski definition) is 0. The second-order valence-electron chi connectivity index (χ2n) is 2.21. The van der Waals surface area contributed by atoms with E-state index >= 15 is 0 Å². The van der Waals surface area contributed by atoms with Crippen LogP contribution in [0.2, 0.25) is 0 Å². The third-order valence-corrected chi connectivity index (χ3v) is 1.18. The molecular weight excluding hydrogens is 199 g/mol. The number of aromatic nitrogens is 1. The van der Waals surface area contributed by atoms with Crippen LogP contribution in [-0.2, 0) is 32.7 Å². The van der Waals surface area contributed by atoms with Crippen molar-refractivity contribution in [3.8, 4) is 0 Å². The van der Waals surface area contributed by atoms with E-state index in [-0.39, 0.29) is 32.7 Å². The van der Waals surface area contributed by atoms with E-state index in [1.165, 1.54) is 5.92 Å². The van der Waals surface area contributed by atoms with Crippen LogP contribution in [0, 0.1) is 5.92 Å². The van der Waals surface area contributed by atoms with Crippen molar-refractivity contribution in [2.75, 3.05) is 0 Å². The number of rotatable bonds is 1. The molecule has 0 aliphatic carbocycles. The van der Waals surface area contributed by atoms with Gasteiger partial charge in [-0.3, -0.25) is 4.98 Å². The van der Waals surface area contributed by atoms with Gasteiger partial charge in [0.2, 0.25) is 0 Å². The van der Waals surface area contributed by atoms with Crippen LogP contribution in [0.25, 0.3) is 0 Å². The molecule has 0 aromatic carbocycles. The van der Waals surface area contributed by atoms with Gasteiger partial charge >= 0.3 is 0 Å². The van der Waals surface area contributed by atoms with Gasteiger partial charge in [-0.1, -0.05) is 11.8 Å². The fourth-order valence-corrected chi connectivity index (χ4v) is 0.659. The van der Waals surface area contributed by atoms with Gasteiger partial charge in [0.05, 0.1) is 0 Å². The molecule has 1 aromatic rings. The minimum atomic E-state index is 0. The summed E-state index contributed by atoms with van der Waals surface area (Å²) in [4.78, 5) is 4.14. The molecule has 0 aliphatic rings. The number of pyridine rings is 1. The number of hydrogen-bond acceptors (Lipinski definition) is 1. The summed E-state index contributed by atoms with van der Waals surface area (Å²) in [7, 11) is 0. The normalized spacial score (nSPS) is 8.20. The van der Waals surface area contributed by atoms with Gasteiger partial charge in [0.15, 0.2) is 0 Å². The van der Waals surface area contributed by atoms with Gasteiger partial charge in [-0.05, 0) is 0 Å². The van der Waals surface area contributed by atoms with E-state index in [4.69, 9.17) is 0 Å². The zero-order valence-corrected chi connectivity index (χ0v) is 9.17. The summed E-state index contributed by atoms with van der Waals surface area (Å²) in [5.41, 5.74) is 1.08. The summed E-state index contributed by atoms with van der Waals surface area (Å²) in [6.45, 7) is 4.12. The Kier molecular flexibility index (Phi) is 4.93. The van der Waals surface area contributed by atoms with Crippen LogP contribution in [0.15, 0.2) is 24.4 Å². The Morgan fingerprint density at radius 2 is 2.00 bits per heavy atom. The maximum absolute atomic E-state index is 4.14. The molecule has 0 saturated heterocycles. The third kappa shape index (κ3) is 2.80. The summed E-state index contributed by atoms with van der Waals surface area (Å²) < 4.78 is 0. The first kappa shape index (κ1) is 10.1. The largest absolute Gasteiger partial charge is 0.295 e. The zero-order valence-electron chi connectivity index (χ0n) is 6.33. The van der Waals surface area contributed by atoms with Crippen molar-refractivity contribution < 1.29 is 32.7 Å². The smallest absolute Gasteiger partial charge is 0.0222 e. The van der Waals surface area contributed by atoms with E-state index in [1.807, 2.05) is 24.4 Å². The van der Waals surface area contributed by atoms with Gasteiger partial charge in [0.1, 0.15) is 0 Å². The van der Waals surface area contributed by atoms with Crippen molar-refractivity contribution in [2.45, 2.75) is 13.8 Å².